The molecule has 0 aliphatic carbocycles. The van der Waals surface area contributed by atoms with Gasteiger partial charge in [0, 0.05) is 19.6 Å². The van der Waals surface area contributed by atoms with Crippen molar-refractivity contribution in [1.29, 1.82) is 5.26 Å². The highest BCUT2D eigenvalue weighted by molar-refractivity contribution is 6.18. The van der Waals surface area contributed by atoms with Crippen molar-refractivity contribution in [2.24, 2.45) is 5.92 Å². The molecule has 0 heterocycles. The quantitative estimate of drug-likeness (QED) is 0.458. The molecule has 0 aromatic heterocycles. The van der Waals surface area contributed by atoms with Crippen LogP contribution < -0.4 is 0 Å². The monoisotopic (exact) mass is 175 g/mol. The van der Waals surface area contributed by atoms with Crippen molar-refractivity contribution in [2.75, 3.05) is 19.6 Å². The number of halogens is 1. The normalized spacial score (nSPS) is 12.5. The van der Waals surface area contributed by atoms with E-state index in [-0.39, 0.29) is 5.92 Å². The molecule has 0 fully saturated rings. The average molecular weight is 176 g/mol. The first-order chi connectivity index (χ1) is 5.35. The molecule has 11 heavy (non-hydrogen) atoms. The molecule has 0 N–H and O–H groups in total. The Labute approximate surface area is 73.1 Å². The van der Waals surface area contributed by atoms with Gasteiger partial charge < -0.3 is 4.74 Å². The van der Waals surface area contributed by atoms with Crippen LogP contribution in [0.2, 0.25) is 0 Å². The van der Waals surface area contributed by atoms with Gasteiger partial charge >= 0.3 is 0 Å². The second-order valence-electron chi connectivity index (χ2n) is 2.47. The van der Waals surface area contributed by atoms with Crippen LogP contribution in [0.1, 0.15) is 19.3 Å². The number of nitrogens with zero attached hydrogens (tertiary/aromatic N) is 1. The third-order valence-electron chi connectivity index (χ3n) is 1.52. The lowest BCUT2D eigenvalue weighted by atomic mass is 10.1. The number of hydrogen-bond acceptors (Lipinski definition) is 2. The maximum Gasteiger partial charge on any atom is 0.0668 e. The fourth-order valence-corrected chi connectivity index (χ4v) is 1.04. The first-order valence-electron chi connectivity index (χ1n) is 3.79. The van der Waals surface area contributed by atoms with E-state index in [1.807, 2.05) is 0 Å². The summed E-state index contributed by atoms with van der Waals surface area (Å²) in [5.74, 6) is 0.470. The summed E-state index contributed by atoms with van der Waals surface area (Å²) in [4.78, 5) is 0. The molecule has 0 saturated heterocycles. The number of alkyl halides is 1. The van der Waals surface area contributed by atoms with Gasteiger partial charge in [-0.2, -0.15) is 5.26 Å². The van der Waals surface area contributed by atoms with Crippen LogP contribution >= 0.6 is 11.6 Å². The van der Waals surface area contributed by atoms with Crippen molar-refractivity contribution in [3.05, 3.63) is 0 Å². The summed E-state index contributed by atoms with van der Waals surface area (Å²) in [6, 6.07) is 2.16. The number of ether oxygens (including phenoxy) is 1. The minimum Gasteiger partial charge on any atom is -0.385 e. The van der Waals surface area contributed by atoms with Crippen LogP contribution in [0.4, 0.5) is 0 Å². The molecule has 0 aromatic carbocycles. The Morgan fingerprint density at radius 3 is 2.73 bits per heavy atom. The molecular formula is C8H14ClNO. The zero-order valence-electron chi connectivity index (χ0n) is 6.85. The van der Waals surface area contributed by atoms with Crippen molar-refractivity contribution in [3.8, 4) is 6.07 Å². The van der Waals surface area contributed by atoms with Gasteiger partial charge in [0.05, 0.1) is 12.0 Å². The Hall–Kier alpha value is -0.260. The number of hydrogen-bond donors (Lipinski definition) is 0. The minimum atomic E-state index is 0.0218. The van der Waals surface area contributed by atoms with Gasteiger partial charge in [-0.05, 0) is 19.3 Å². The van der Waals surface area contributed by atoms with Crippen LogP contribution in [-0.2, 0) is 4.74 Å². The Morgan fingerprint density at radius 2 is 2.27 bits per heavy atom. The molecule has 1 unspecified atom stereocenters. The fraction of sp³-hybridized carbons (Fsp3) is 0.875. The van der Waals surface area contributed by atoms with Crippen molar-refractivity contribution in [1.82, 2.24) is 0 Å². The van der Waals surface area contributed by atoms with E-state index < -0.39 is 0 Å². The van der Waals surface area contributed by atoms with Crippen LogP contribution in [0.5, 0.6) is 0 Å². The summed E-state index contributed by atoms with van der Waals surface area (Å²) < 4.78 is 4.88. The van der Waals surface area contributed by atoms with Gasteiger partial charge in [0.15, 0.2) is 0 Å². The molecule has 64 valence electrons. The SMILES string of the molecule is COCCCCC(C#N)CCl. The first kappa shape index (κ1) is 10.7. The molecule has 1 atom stereocenters. The summed E-state index contributed by atoms with van der Waals surface area (Å²) in [7, 11) is 1.68. The lowest BCUT2D eigenvalue weighted by molar-refractivity contribution is 0.191. The molecule has 3 heteroatoms. The van der Waals surface area contributed by atoms with Crippen molar-refractivity contribution >= 4 is 11.6 Å². The van der Waals surface area contributed by atoms with Crippen molar-refractivity contribution < 1.29 is 4.74 Å². The topological polar surface area (TPSA) is 33.0 Å². The molecule has 0 spiro atoms. The fourth-order valence-electron chi connectivity index (χ4n) is 0.813. The number of nitriles is 1. The first-order valence-corrected chi connectivity index (χ1v) is 4.33. The van der Waals surface area contributed by atoms with Gasteiger partial charge in [0.25, 0.3) is 0 Å². The number of rotatable bonds is 6. The van der Waals surface area contributed by atoms with E-state index in [1.165, 1.54) is 0 Å². The molecule has 0 saturated carbocycles. The Morgan fingerprint density at radius 1 is 1.55 bits per heavy atom. The molecule has 0 aromatic rings. The summed E-state index contributed by atoms with van der Waals surface area (Å²) in [6.07, 6.45) is 2.94. The molecule has 0 aliphatic rings. The lowest BCUT2D eigenvalue weighted by Gasteiger charge is -2.02. The van der Waals surface area contributed by atoms with Gasteiger partial charge in [-0.15, -0.1) is 11.6 Å². The zero-order valence-corrected chi connectivity index (χ0v) is 7.60. The summed E-state index contributed by atoms with van der Waals surface area (Å²) in [6.45, 7) is 0.778. The molecule has 0 bridgehead atoms. The second-order valence-corrected chi connectivity index (χ2v) is 2.78. The van der Waals surface area contributed by atoms with E-state index in [1.54, 1.807) is 7.11 Å². The Balaban J connectivity index is 3.16. The van der Waals surface area contributed by atoms with Crippen LogP contribution in [0.15, 0.2) is 0 Å². The molecule has 0 rings (SSSR count). The van der Waals surface area contributed by atoms with Crippen LogP contribution in [-0.4, -0.2) is 19.6 Å². The third-order valence-corrected chi connectivity index (χ3v) is 1.89. The number of unbranched alkanes of at least 4 members (excludes halogenated alkanes) is 1. The maximum atomic E-state index is 8.52. The molecule has 0 amide bonds. The molecular weight excluding hydrogens is 162 g/mol. The predicted octanol–water partition coefficient (Wildman–Crippen LogP) is 2.18. The highest BCUT2D eigenvalue weighted by Gasteiger charge is 2.03. The van der Waals surface area contributed by atoms with Crippen LogP contribution in [0.3, 0.4) is 0 Å². The van der Waals surface area contributed by atoms with Gasteiger partial charge in [-0.3, -0.25) is 0 Å². The van der Waals surface area contributed by atoms with E-state index in [9.17, 15) is 0 Å². The third kappa shape index (κ3) is 6.15. The maximum absolute atomic E-state index is 8.52. The average Bonchev–Trinajstić information content (AvgIpc) is 2.05. The highest BCUT2D eigenvalue weighted by Crippen LogP contribution is 2.08. The minimum absolute atomic E-state index is 0.0218. The van der Waals surface area contributed by atoms with Gasteiger partial charge in [-0.1, -0.05) is 0 Å². The van der Waals surface area contributed by atoms with E-state index in [2.05, 4.69) is 6.07 Å². The Kier molecular flexibility index (Phi) is 7.66. The van der Waals surface area contributed by atoms with Crippen molar-refractivity contribution in [3.63, 3.8) is 0 Å². The number of methoxy groups -OCH3 is 1. The van der Waals surface area contributed by atoms with Crippen LogP contribution in [0, 0.1) is 17.2 Å². The summed E-state index contributed by atoms with van der Waals surface area (Å²) in [5, 5.41) is 8.52. The van der Waals surface area contributed by atoms with E-state index in [0.29, 0.717) is 5.88 Å². The van der Waals surface area contributed by atoms with Gasteiger partial charge in [-0.25, -0.2) is 0 Å². The van der Waals surface area contributed by atoms with Crippen LogP contribution in [0.25, 0.3) is 0 Å². The standard InChI is InChI=1S/C8H14ClNO/c1-11-5-3-2-4-8(6-9)7-10/h8H,2-6H2,1H3. The highest BCUT2D eigenvalue weighted by atomic mass is 35.5. The van der Waals surface area contributed by atoms with E-state index in [4.69, 9.17) is 21.6 Å². The summed E-state index contributed by atoms with van der Waals surface area (Å²) >= 11 is 5.53. The van der Waals surface area contributed by atoms with Crippen molar-refractivity contribution in [2.45, 2.75) is 19.3 Å². The Bertz CT molecular complexity index is 122. The molecule has 0 aliphatic heterocycles. The predicted molar refractivity (Wildman–Crippen MR) is 45.6 cm³/mol. The van der Waals surface area contributed by atoms with E-state index >= 15 is 0 Å². The zero-order chi connectivity index (χ0) is 8.53. The van der Waals surface area contributed by atoms with Gasteiger partial charge in [0.1, 0.15) is 0 Å². The second kappa shape index (κ2) is 7.84. The largest absolute Gasteiger partial charge is 0.385 e. The summed E-state index contributed by atoms with van der Waals surface area (Å²) in [5.41, 5.74) is 0. The smallest absolute Gasteiger partial charge is 0.0668 e. The molecule has 0 radical (unpaired) electrons. The lowest BCUT2D eigenvalue weighted by Crippen LogP contribution is -1.99. The molecule has 2 nitrogen and oxygen atoms in total. The van der Waals surface area contributed by atoms with Gasteiger partial charge in [0.2, 0.25) is 0 Å². The van der Waals surface area contributed by atoms with E-state index in [0.717, 1.165) is 25.9 Å².